The van der Waals surface area contributed by atoms with Gasteiger partial charge in [-0.05, 0) is 85.2 Å². The number of rotatable bonds is 7. The van der Waals surface area contributed by atoms with E-state index in [-0.39, 0.29) is 48.0 Å². The van der Waals surface area contributed by atoms with E-state index in [2.05, 4.69) is 5.32 Å². The van der Waals surface area contributed by atoms with Crippen molar-refractivity contribution in [1.29, 1.82) is 0 Å². The number of amides is 2. The van der Waals surface area contributed by atoms with E-state index in [4.69, 9.17) is 9.15 Å². The van der Waals surface area contributed by atoms with Gasteiger partial charge in [0.2, 0.25) is 5.91 Å². The minimum absolute atomic E-state index is 0.0808. The third kappa shape index (κ3) is 4.67. The van der Waals surface area contributed by atoms with Gasteiger partial charge < -0.3 is 19.4 Å². The maximum absolute atomic E-state index is 14.2. The molecule has 1 N–H and O–H groups in total. The maximum Gasteiger partial charge on any atom is 0.287 e. The highest BCUT2D eigenvalue weighted by atomic mass is 19.1. The lowest BCUT2D eigenvalue weighted by Crippen LogP contribution is -2.41. The number of hydrogen-bond acceptors (Lipinski definition) is 4. The molecule has 1 atom stereocenters. The van der Waals surface area contributed by atoms with Gasteiger partial charge in [0.05, 0.1) is 6.04 Å². The summed E-state index contributed by atoms with van der Waals surface area (Å²) in [6.07, 6.45) is 4.62. The van der Waals surface area contributed by atoms with Gasteiger partial charge in [-0.1, -0.05) is 18.2 Å². The van der Waals surface area contributed by atoms with Crippen molar-refractivity contribution in [3.8, 4) is 5.75 Å². The Labute approximate surface area is 203 Å². The molecule has 2 amide bonds. The molecule has 35 heavy (non-hydrogen) atoms. The normalized spacial score (nSPS) is 19.2. The SMILES string of the molecule is O=C(NC1CC1)c1ccc(COc2ccc3c(c2)[C@H](c2cccc(F)c2)N(C(=O)C2CC2)CC3)o1. The molecule has 1 aliphatic heterocycles. The number of hydrogen-bond donors (Lipinski definition) is 1. The number of ether oxygens (including phenoxy) is 1. The first kappa shape index (κ1) is 21.9. The number of nitrogens with zero attached hydrogens (tertiary/aromatic N) is 1. The number of fused-ring (bicyclic) bond motifs is 1. The monoisotopic (exact) mass is 474 g/mol. The molecule has 0 radical (unpaired) electrons. The second-order valence-electron chi connectivity index (χ2n) is 9.68. The fourth-order valence-electron chi connectivity index (χ4n) is 4.74. The van der Waals surface area contributed by atoms with Gasteiger partial charge in [-0.2, -0.15) is 0 Å². The Balaban J connectivity index is 1.24. The van der Waals surface area contributed by atoms with E-state index in [1.54, 1.807) is 18.2 Å². The highest BCUT2D eigenvalue weighted by molar-refractivity contribution is 5.91. The van der Waals surface area contributed by atoms with E-state index in [1.165, 1.54) is 12.1 Å². The lowest BCUT2D eigenvalue weighted by atomic mass is 9.87. The van der Waals surface area contributed by atoms with Gasteiger partial charge in [0.25, 0.3) is 5.91 Å². The van der Waals surface area contributed by atoms with E-state index in [0.717, 1.165) is 48.8 Å². The fourth-order valence-corrected chi connectivity index (χ4v) is 4.74. The van der Waals surface area contributed by atoms with Gasteiger partial charge >= 0.3 is 0 Å². The molecule has 6 rings (SSSR count). The van der Waals surface area contributed by atoms with Crippen LogP contribution in [-0.2, 0) is 17.8 Å². The highest BCUT2D eigenvalue weighted by Gasteiger charge is 2.39. The van der Waals surface area contributed by atoms with Crippen LogP contribution in [0, 0.1) is 11.7 Å². The van der Waals surface area contributed by atoms with Gasteiger partial charge in [-0.15, -0.1) is 0 Å². The van der Waals surface area contributed by atoms with Gasteiger partial charge in [-0.3, -0.25) is 9.59 Å². The summed E-state index contributed by atoms with van der Waals surface area (Å²) >= 11 is 0. The second kappa shape index (κ2) is 8.87. The topological polar surface area (TPSA) is 71.8 Å². The zero-order chi connectivity index (χ0) is 23.9. The van der Waals surface area contributed by atoms with Crippen molar-refractivity contribution in [2.75, 3.05) is 6.54 Å². The number of carbonyl (C=O) groups excluding carboxylic acids is 2. The van der Waals surface area contributed by atoms with Crippen molar-refractivity contribution in [3.63, 3.8) is 0 Å². The van der Waals surface area contributed by atoms with Gasteiger partial charge in [0.15, 0.2) is 5.76 Å². The lowest BCUT2D eigenvalue weighted by molar-refractivity contribution is -0.134. The Morgan fingerprint density at radius 3 is 2.69 bits per heavy atom. The lowest BCUT2D eigenvalue weighted by Gasteiger charge is -2.38. The van der Waals surface area contributed by atoms with Crippen LogP contribution in [0.4, 0.5) is 4.39 Å². The Bertz CT molecular complexity index is 1280. The first-order valence-corrected chi connectivity index (χ1v) is 12.3. The summed E-state index contributed by atoms with van der Waals surface area (Å²) in [5.74, 6) is 1.16. The molecule has 3 aromatic rings. The van der Waals surface area contributed by atoms with Crippen molar-refractivity contribution < 1.29 is 23.1 Å². The van der Waals surface area contributed by atoms with E-state index in [9.17, 15) is 14.0 Å². The van der Waals surface area contributed by atoms with Crippen LogP contribution in [0.25, 0.3) is 0 Å². The minimum Gasteiger partial charge on any atom is -0.486 e. The molecule has 6 nitrogen and oxygen atoms in total. The molecular formula is C28H27FN2O4. The Morgan fingerprint density at radius 2 is 1.91 bits per heavy atom. The standard InChI is InChI=1S/C28H27FN2O4/c29-20-3-1-2-19(14-20)26-24-15-22(9-6-17(24)12-13-31(26)28(33)18-4-5-18)34-16-23-10-11-25(35-23)27(32)30-21-7-8-21/h1-3,6,9-11,14-15,18,21,26H,4-5,7-8,12-13,16H2,(H,30,32)/t26-/m0/s1. The van der Waals surface area contributed by atoms with Gasteiger partial charge in [0, 0.05) is 18.5 Å². The predicted molar refractivity (Wildman–Crippen MR) is 126 cm³/mol. The van der Waals surface area contributed by atoms with Crippen molar-refractivity contribution in [2.24, 2.45) is 5.92 Å². The van der Waals surface area contributed by atoms with Crippen molar-refractivity contribution >= 4 is 11.8 Å². The summed E-state index contributed by atoms with van der Waals surface area (Å²) < 4.78 is 25.8. The molecule has 0 saturated heterocycles. The summed E-state index contributed by atoms with van der Waals surface area (Å²) in [6.45, 7) is 0.784. The number of halogens is 1. The first-order valence-electron chi connectivity index (χ1n) is 12.3. The van der Waals surface area contributed by atoms with Crippen LogP contribution in [0.15, 0.2) is 59.0 Å². The number of furan rings is 1. The molecule has 0 spiro atoms. The smallest absolute Gasteiger partial charge is 0.287 e. The van der Waals surface area contributed by atoms with Crippen LogP contribution in [0.5, 0.6) is 5.75 Å². The molecule has 2 saturated carbocycles. The molecule has 2 fully saturated rings. The van der Waals surface area contributed by atoms with Crippen LogP contribution in [0.2, 0.25) is 0 Å². The van der Waals surface area contributed by atoms with Crippen LogP contribution < -0.4 is 10.1 Å². The number of benzene rings is 2. The predicted octanol–water partition coefficient (Wildman–Crippen LogP) is 4.77. The van der Waals surface area contributed by atoms with Gasteiger partial charge in [0.1, 0.15) is 23.9 Å². The summed E-state index contributed by atoms with van der Waals surface area (Å²) in [7, 11) is 0. The van der Waals surface area contributed by atoms with E-state index < -0.39 is 0 Å². The molecule has 3 aliphatic rings. The second-order valence-corrected chi connectivity index (χ2v) is 9.68. The molecular weight excluding hydrogens is 447 g/mol. The molecule has 1 aromatic heterocycles. The molecule has 180 valence electrons. The van der Waals surface area contributed by atoms with Crippen molar-refractivity contribution in [2.45, 2.75) is 50.8 Å². The quantitative estimate of drug-likeness (QED) is 0.535. The first-order chi connectivity index (χ1) is 17.0. The molecule has 0 bridgehead atoms. The third-order valence-electron chi connectivity index (χ3n) is 6.90. The molecule has 7 heteroatoms. The summed E-state index contributed by atoms with van der Waals surface area (Å²) in [4.78, 5) is 27.2. The third-order valence-corrected chi connectivity index (χ3v) is 6.90. The number of carbonyl (C=O) groups is 2. The van der Waals surface area contributed by atoms with Crippen LogP contribution in [0.3, 0.4) is 0 Å². The Morgan fingerprint density at radius 1 is 1.06 bits per heavy atom. The summed E-state index contributed by atoms with van der Waals surface area (Å²) in [5, 5.41) is 2.91. The zero-order valence-corrected chi connectivity index (χ0v) is 19.3. The zero-order valence-electron chi connectivity index (χ0n) is 19.3. The average molecular weight is 475 g/mol. The fraction of sp³-hybridized carbons (Fsp3) is 0.357. The Kier molecular flexibility index (Phi) is 5.55. The van der Waals surface area contributed by atoms with Gasteiger partial charge in [-0.25, -0.2) is 4.39 Å². The van der Waals surface area contributed by atoms with Crippen LogP contribution in [-0.4, -0.2) is 29.3 Å². The largest absolute Gasteiger partial charge is 0.486 e. The minimum atomic E-state index is -0.354. The summed E-state index contributed by atoms with van der Waals surface area (Å²) in [6, 6.07) is 15.7. The highest BCUT2D eigenvalue weighted by Crippen LogP contribution is 2.41. The number of nitrogens with one attached hydrogen (secondary N) is 1. The van der Waals surface area contributed by atoms with Crippen molar-refractivity contribution in [3.05, 3.63) is 88.6 Å². The van der Waals surface area contributed by atoms with E-state index in [1.807, 2.05) is 29.2 Å². The van der Waals surface area contributed by atoms with E-state index >= 15 is 0 Å². The molecule has 2 aromatic carbocycles. The maximum atomic E-state index is 14.2. The van der Waals surface area contributed by atoms with E-state index in [0.29, 0.717) is 18.1 Å². The average Bonchev–Trinajstić information content (AvgIpc) is 3.80. The van der Waals surface area contributed by atoms with Crippen LogP contribution in [0.1, 0.15) is 64.7 Å². The van der Waals surface area contributed by atoms with Crippen molar-refractivity contribution in [1.82, 2.24) is 10.2 Å². The summed E-state index contributed by atoms with van der Waals surface area (Å²) in [5.41, 5.74) is 2.84. The molecule has 2 aliphatic carbocycles. The van der Waals surface area contributed by atoms with Crippen LogP contribution >= 0.6 is 0 Å². The molecule has 2 heterocycles. The Hall–Kier alpha value is -3.61. The molecule has 0 unspecified atom stereocenters.